The molecule has 0 aliphatic carbocycles. The zero-order valence-electron chi connectivity index (χ0n) is 11.2. The van der Waals surface area contributed by atoms with E-state index in [2.05, 4.69) is 52.0 Å². The summed E-state index contributed by atoms with van der Waals surface area (Å²) in [7, 11) is 4.23. The Balaban J connectivity index is 3.67. The lowest BCUT2D eigenvalue weighted by molar-refractivity contribution is 0.0775. The number of nitrogens with zero attached hydrogens (tertiary/aromatic N) is 1. The summed E-state index contributed by atoms with van der Waals surface area (Å²) < 4.78 is 5.50. The fourth-order valence-corrected chi connectivity index (χ4v) is 1.44. The molecule has 0 aliphatic rings. The van der Waals surface area contributed by atoms with E-state index >= 15 is 0 Å². The van der Waals surface area contributed by atoms with Gasteiger partial charge in [0.05, 0.1) is 12.7 Å². The zero-order valence-corrected chi connectivity index (χ0v) is 11.2. The number of ether oxygens (including phenoxy) is 1. The van der Waals surface area contributed by atoms with Crippen LogP contribution in [0, 0.1) is 5.92 Å². The molecule has 0 fully saturated rings. The highest BCUT2D eigenvalue weighted by atomic mass is 16.5. The molecule has 0 rings (SSSR count). The summed E-state index contributed by atoms with van der Waals surface area (Å²) in [5, 5.41) is 3.54. The van der Waals surface area contributed by atoms with Gasteiger partial charge >= 0.3 is 0 Å². The average molecular weight is 216 g/mol. The monoisotopic (exact) mass is 216 g/mol. The van der Waals surface area contributed by atoms with Gasteiger partial charge in [-0.3, -0.25) is 0 Å². The summed E-state index contributed by atoms with van der Waals surface area (Å²) >= 11 is 0. The quantitative estimate of drug-likeness (QED) is 0.624. The second-order valence-electron chi connectivity index (χ2n) is 4.99. The van der Waals surface area contributed by atoms with Crippen LogP contribution in [0.25, 0.3) is 0 Å². The minimum atomic E-state index is 0.332. The number of likely N-dealkylation sites (N-methyl/N-ethyl adjacent to an activating group) is 1. The third-order valence-corrected chi connectivity index (χ3v) is 2.33. The lowest BCUT2D eigenvalue weighted by Gasteiger charge is -2.25. The molecule has 0 spiro atoms. The van der Waals surface area contributed by atoms with Crippen molar-refractivity contribution in [3.63, 3.8) is 0 Å². The highest BCUT2D eigenvalue weighted by molar-refractivity contribution is 4.72. The predicted molar refractivity (Wildman–Crippen MR) is 66.3 cm³/mol. The van der Waals surface area contributed by atoms with Crippen LogP contribution >= 0.6 is 0 Å². The minimum absolute atomic E-state index is 0.332. The molecule has 0 bridgehead atoms. The Hall–Kier alpha value is -0.120. The zero-order chi connectivity index (χ0) is 11.8. The molecule has 0 saturated heterocycles. The Kier molecular flexibility index (Phi) is 8.02. The van der Waals surface area contributed by atoms with Crippen molar-refractivity contribution in [3.05, 3.63) is 0 Å². The molecule has 15 heavy (non-hydrogen) atoms. The molecular formula is C12H28N2O. The van der Waals surface area contributed by atoms with Crippen LogP contribution in [-0.2, 0) is 4.74 Å². The highest BCUT2D eigenvalue weighted by Crippen LogP contribution is 2.02. The SMILES string of the molecule is CC(C)OCCNC(CN(C)C)C(C)C. The first-order valence-electron chi connectivity index (χ1n) is 5.93. The van der Waals surface area contributed by atoms with E-state index in [4.69, 9.17) is 4.74 Å². The molecule has 1 unspecified atom stereocenters. The normalized spacial score (nSPS) is 14.2. The molecule has 0 aromatic rings. The van der Waals surface area contributed by atoms with Gasteiger partial charge in [-0.1, -0.05) is 13.8 Å². The first-order valence-corrected chi connectivity index (χ1v) is 5.93. The molecule has 92 valence electrons. The van der Waals surface area contributed by atoms with E-state index in [1.807, 2.05) is 0 Å². The van der Waals surface area contributed by atoms with Crippen LogP contribution < -0.4 is 5.32 Å². The Morgan fingerprint density at radius 3 is 2.13 bits per heavy atom. The van der Waals surface area contributed by atoms with Crippen LogP contribution in [0.1, 0.15) is 27.7 Å². The average Bonchev–Trinajstić information content (AvgIpc) is 2.08. The molecule has 1 atom stereocenters. The maximum atomic E-state index is 5.50. The lowest BCUT2D eigenvalue weighted by atomic mass is 10.0. The number of hydrogen-bond acceptors (Lipinski definition) is 3. The van der Waals surface area contributed by atoms with Crippen LogP contribution in [0.3, 0.4) is 0 Å². The van der Waals surface area contributed by atoms with Crippen LogP contribution in [0.15, 0.2) is 0 Å². The molecule has 0 aromatic heterocycles. The van der Waals surface area contributed by atoms with Crippen LogP contribution in [-0.4, -0.2) is 50.8 Å². The Morgan fingerprint density at radius 2 is 1.73 bits per heavy atom. The molecule has 0 aliphatic heterocycles. The van der Waals surface area contributed by atoms with Gasteiger partial charge in [-0.15, -0.1) is 0 Å². The number of nitrogens with one attached hydrogen (secondary N) is 1. The standard InChI is InChI=1S/C12H28N2O/c1-10(2)12(9-14(5)6)13-7-8-15-11(3)4/h10-13H,7-9H2,1-6H3. The fraction of sp³-hybridized carbons (Fsp3) is 1.00. The van der Waals surface area contributed by atoms with Gasteiger partial charge in [0.15, 0.2) is 0 Å². The Bertz CT molecular complexity index is 147. The molecule has 0 aromatic carbocycles. The summed E-state index contributed by atoms with van der Waals surface area (Å²) in [6, 6.07) is 0.552. The summed E-state index contributed by atoms with van der Waals surface area (Å²) in [6.45, 7) is 11.5. The van der Waals surface area contributed by atoms with Crippen molar-refractivity contribution in [1.82, 2.24) is 10.2 Å². The molecule has 3 nitrogen and oxygen atoms in total. The fourth-order valence-electron chi connectivity index (χ4n) is 1.44. The van der Waals surface area contributed by atoms with Crippen molar-refractivity contribution >= 4 is 0 Å². The second kappa shape index (κ2) is 8.08. The summed E-state index contributed by atoms with van der Waals surface area (Å²) in [5.41, 5.74) is 0. The van der Waals surface area contributed by atoms with E-state index < -0.39 is 0 Å². The highest BCUT2D eigenvalue weighted by Gasteiger charge is 2.12. The van der Waals surface area contributed by atoms with E-state index in [-0.39, 0.29) is 0 Å². The summed E-state index contributed by atoms with van der Waals surface area (Å²) in [4.78, 5) is 2.22. The first kappa shape index (κ1) is 14.9. The van der Waals surface area contributed by atoms with Gasteiger partial charge in [0.1, 0.15) is 0 Å². The van der Waals surface area contributed by atoms with Crippen LogP contribution in [0.5, 0.6) is 0 Å². The van der Waals surface area contributed by atoms with Gasteiger partial charge < -0.3 is 15.0 Å². The molecule has 0 amide bonds. The van der Waals surface area contributed by atoms with Crippen molar-refractivity contribution in [1.29, 1.82) is 0 Å². The second-order valence-corrected chi connectivity index (χ2v) is 4.99. The third kappa shape index (κ3) is 8.85. The van der Waals surface area contributed by atoms with Crippen molar-refractivity contribution < 1.29 is 4.74 Å². The van der Waals surface area contributed by atoms with Crippen molar-refractivity contribution in [2.45, 2.75) is 39.8 Å². The minimum Gasteiger partial charge on any atom is -0.377 e. The summed E-state index contributed by atoms with van der Waals surface area (Å²) in [6.07, 6.45) is 0.332. The third-order valence-electron chi connectivity index (χ3n) is 2.33. The van der Waals surface area contributed by atoms with E-state index in [9.17, 15) is 0 Å². The number of rotatable bonds is 8. The smallest absolute Gasteiger partial charge is 0.0594 e. The van der Waals surface area contributed by atoms with Gasteiger partial charge in [-0.25, -0.2) is 0 Å². The van der Waals surface area contributed by atoms with Gasteiger partial charge in [0, 0.05) is 19.1 Å². The molecule has 3 heteroatoms. The van der Waals surface area contributed by atoms with Gasteiger partial charge in [-0.2, -0.15) is 0 Å². The molecule has 0 radical (unpaired) electrons. The van der Waals surface area contributed by atoms with E-state index in [1.54, 1.807) is 0 Å². The summed E-state index contributed by atoms with van der Waals surface area (Å²) in [5.74, 6) is 0.659. The van der Waals surface area contributed by atoms with Crippen molar-refractivity contribution in [3.8, 4) is 0 Å². The molecule has 1 N–H and O–H groups in total. The Labute approximate surface area is 95.2 Å². The van der Waals surface area contributed by atoms with Crippen molar-refractivity contribution in [2.24, 2.45) is 5.92 Å². The Morgan fingerprint density at radius 1 is 1.13 bits per heavy atom. The maximum absolute atomic E-state index is 5.50. The van der Waals surface area contributed by atoms with E-state index in [0.29, 0.717) is 18.1 Å². The maximum Gasteiger partial charge on any atom is 0.0594 e. The van der Waals surface area contributed by atoms with Crippen LogP contribution in [0.4, 0.5) is 0 Å². The molecular weight excluding hydrogens is 188 g/mol. The van der Waals surface area contributed by atoms with Gasteiger partial charge in [-0.05, 0) is 33.9 Å². The predicted octanol–water partition coefficient (Wildman–Crippen LogP) is 1.59. The largest absolute Gasteiger partial charge is 0.377 e. The molecule has 0 saturated carbocycles. The van der Waals surface area contributed by atoms with Gasteiger partial charge in [0.25, 0.3) is 0 Å². The topological polar surface area (TPSA) is 24.5 Å². The van der Waals surface area contributed by atoms with E-state index in [0.717, 1.165) is 19.7 Å². The van der Waals surface area contributed by atoms with Crippen molar-refractivity contribution in [2.75, 3.05) is 33.8 Å². The molecule has 0 heterocycles. The first-order chi connectivity index (χ1) is 6.93. The van der Waals surface area contributed by atoms with Gasteiger partial charge in [0.2, 0.25) is 0 Å². The van der Waals surface area contributed by atoms with Crippen LogP contribution in [0.2, 0.25) is 0 Å². The lowest BCUT2D eigenvalue weighted by Crippen LogP contribution is -2.43. The van der Waals surface area contributed by atoms with E-state index in [1.165, 1.54) is 0 Å². The number of hydrogen-bond donors (Lipinski definition) is 1.